The molecule has 24 heavy (non-hydrogen) atoms. The molecule has 0 radical (unpaired) electrons. The summed E-state index contributed by atoms with van der Waals surface area (Å²) in [7, 11) is 5.01. The molecule has 0 bridgehead atoms. The summed E-state index contributed by atoms with van der Waals surface area (Å²) in [4.78, 5) is 0. The van der Waals surface area contributed by atoms with Crippen molar-refractivity contribution in [3.05, 3.63) is 52.6 Å². The van der Waals surface area contributed by atoms with Crippen LogP contribution in [0.15, 0.2) is 30.3 Å². The molecule has 1 atom stereocenters. The van der Waals surface area contributed by atoms with Gasteiger partial charge in [0.15, 0.2) is 11.5 Å². The third-order valence-corrected chi connectivity index (χ3v) is 4.69. The van der Waals surface area contributed by atoms with E-state index in [0.29, 0.717) is 11.5 Å². The third-order valence-electron chi connectivity index (χ3n) is 4.69. The first-order valence-corrected chi connectivity index (χ1v) is 8.28. The van der Waals surface area contributed by atoms with E-state index in [-0.39, 0.29) is 5.92 Å². The highest BCUT2D eigenvalue weighted by Crippen LogP contribution is 2.45. The van der Waals surface area contributed by atoms with Crippen molar-refractivity contribution >= 4 is 0 Å². The molecule has 128 valence electrons. The van der Waals surface area contributed by atoms with Gasteiger partial charge in [-0.05, 0) is 37.1 Å². The first kappa shape index (κ1) is 16.7. The molecule has 3 rings (SSSR count). The van der Waals surface area contributed by atoms with E-state index in [1.165, 1.54) is 22.3 Å². The van der Waals surface area contributed by atoms with Crippen LogP contribution in [0.5, 0.6) is 17.2 Å². The molecular weight excluding hydrogens is 302 g/mol. The average molecular weight is 327 g/mol. The second kappa shape index (κ2) is 7.14. The molecule has 0 saturated carbocycles. The van der Waals surface area contributed by atoms with Crippen LogP contribution in [0.2, 0.25) is 0 Å². The Bertz CT molecular complexity index is 727. The second-order valence-electron chi connectivity index (χ2n) is 6.13. The summed E-state index contributed by atoms with van der Waals surface area (Å²) in [6.07, 6.45) is 0.904. The standard InChI is InChI=1S/C20H25NO3/c1-13-6-5-7-14(10-13)17-12-21-9-8-15-16(17)11-18(22-2)20(24-4)19(15)23-3/h5-7,10-11,17,21H,8-9,12H2,1-4H3/t17-/m1/s1. The fraction of sp³-hybridized carbons (Fsp3) is 0.400. The van der Waals surface area contributed by atoms with E-state index < -0.39 is 0 Å². The van der Waals surface area contributed by atoms with Gasteiger partial charge in [0.1, 0.15) is 0 Å². The lowest BCUT2D eigenvalue weighted by molar-refractivity contribution is 0.321. The van der Waals surface area contributed by atoms with Crippen molar-refractivity contribution < 1.29 is 14.2 Å². The molecule has 2 aromatic carbocycles. The average Bonchev–Trinajstić information content (AvgIpc) is 2.82. The molecule has 1 N–H and O–H groups in total. The van der Waals surface area contributed by atoms with E-state index in [1.54, 1.807) is 21.3 Å². The van der Waals surface area contributed by atoms with E-state index in [9.17, 15) is 0 Å². The van der Waals surface area contributed by atoms with Crippen molar-refractivity contribution in [1.29, 1.82) is 0 Å². The SMILES string of the molecule is COc1cc2c(c(OC)c1OC)CCNC[C@@H]2c1cccc(C)c1. The molecule has 1 heterocycles. The van der Waals surface area contributed by atoms with Gasteiger partial charge in [-0.1, -0.05) is 29.8 Å². The van der Waals surface area contributed by atoms with Gasteiger partial charge in [-0.15, -0.1) is 0 Å². The Morgan fingerprint density at radius 1 is 1.00 bits per heavy atom. The first-order chi connectivity index (χ1) is 11.7. The molecule has 2 aromatic rings. The predicted molar refractivity (Wildman–Crippen MR) is 95.7 cm³/mol. The number of benzene rings is 2. The van der Waals surface area contributed by atoms with E-state index in [4.69, 9.17) is 14.2 Å². The number of nitrogens with one attached hydrogen (secondary N) is 1. The van der Waals surface area contributed by atoms with Crippen LogP contribution in [0.25, 0.3) is 0 Å². The van der Waals surface area contributed by atoms with E-state index >= 15 is 0 Å². The number of aryl methyl sites for hydroxylation is 1. The van der Waals surface area contributed by atoms with Crippen molar-refractivity contribution in [2.24, 2.45) is 0 Å². The van der Waals surface area contributed by atoms with Crippen molar-refractivity contribution in [2.75, 3.05) is 34.4 Å². The quantitative estimate of drug-likeness (QED) is 0.935. The van der Waals surface area contributed by atoms with E-state index in [1.807, 2.05) is 0 Å². The zero-order valence-corrected chi connectivity index (χ0v) is 14.8. The summed E-state index contributed by atoms with van der Waals surface area (Å²) in [5, 5.41) is 3.55. The smallest absolute Gasteiger partial charge is 0.203 e. The zero-order valence-electron chi connectivity index (χ0n) is 14.8. The van der Waals surface area contributed by atoms with E-state index in [2.05, 4.69) is 42.6 Å². The summed E-state index contributed by atoms with van der Waals surface area (Å²) in [6.45, 7) is 3.94. The Morgan fingerprint density at radius 2 is 1.79 bits per heavy atom. The molecule has 1 aliphatic heterocycles. The van der Waals surface area contributed by atoms with Crippen LogP contribution in [0.4, 0.5) is 0 Å². The van der Waals surface area contributed by atoms with Gasteiger partial charge in [-0.3, -0.25) is 0 Å². The normalized spacial score (nSPS) is 16.9. The molecule has 0 aromatic heterocycles. The van der Waals surface area contributed by atoms with Gasteiger partial charge in [-0.2, -0.15) is 0 Å². The number of methoxy groups -OCH3 is 3. The molecule has 0 fully saturated rings. The Balaban J connectivity index is 2.21. The predicted octanol–water partition coefficient (Wildman–Crippen LogP) is 3.30. The van der Waals surface area contributed by atoms with Crippen molar-refractivity contribution in [3.63, 3.8) is 0 Å². The van der Waals surface area contributed by atoms with Crippen LogP contribution >= 0.6 is 0 Å². The highest BCUT2D eigenvalue weighted by Gasteiger charge is 2.27. The minimum absolute atomic E-state index is 0.260. The largest absolute Gasteiger partial charge is 0.493 e. The van der Waals surface area contributed by atoms with Gasteiger partial charge in [0.25, 0.3) is 0 Å². The van der Waals surface area contributed by atoms with Crippen LogP contribution in [0.1, 0.15) is 28.2 Å². The number of hydrogen-bond acceptors (Lipinski definition) is 4. The molecule has 0 amide bonds. The van der Waals surface area contributed by atoms with Crippen LogP contribution in [-0.4, -0.2) is 34.4 Å². The zero-order chi connectivity index (χ0) is 17.1. The van der Waals surface area contributed by atoms with Crippen LogP contribution in [-0.2, 0) is 6.42 Å². The lowest BCUT2D eigenvalue weighted by Crippen LogP contribution is -2.20. The Labute approximate surface area is 143 Å². The summed E-state index contributed by atoms with van der Waals surface area (Å²) < 4.78 is 16.8. The highest BCUT2D eigenvalue weighted by atomic mass is 16.5. The van der Waals surface area contributed by atoms with Crippen LogP contribution in [0.3, 0.4) is 0 Å². The third kappa shape index (κ3) is 2.94. The second-order valence-corrected chi connectivity index (χ2v) is 6.13. The maximum Gasteiger partial charge on any atom is 0.203 e. The molecule has 1 aliphatic rings. The molecule has 0 saturated heterocycles. The van der Waals surface area contributed by atoms with Gasteiger partial charge in [0, 0.05) is 18.0 Å². The lowest BCUT2D eigenvalue weighted by Gasteiger charge is -2.23. The van der Waals surface area contributed by atoms with E-state index in [0.717, 1.165) is 25.3 Å². The molecular formula is C20H25NO3. The van der Waals surface area contributed by atoms with Gasteiger partial charge in [-0.25, -0.2) is 0 Å². The van der Waals surface area contributed by atoms with Crippen molar-refractivity contribution in [2.45, 2.75) is 19.3 Å². The minimum Gasteiger partial charge on any atom is -0.493 e. The maximum absolute atomic E-state index is 5.71. The maximum atomic E-state index is 5.71. The fourth-order valence-electron chi connectivity index (χ4n) is 3.56. The highest BCUT2D eigenvalue weighted by molar-refractivity contribution is 5.61. The fourth-order valence-corrected chi connectivity index (χ4v) is 3.56. The molecule has 0 aliphatic carbocycles. The summed E-state index contributed by atoms with van der Waals surface area (Å²) in [6, 6.07) is 10.8. The number of hydrogen-bond donors (Lipinski definition) is 1. The number of ether oxygens (including phenoxy) is 3. The van der Waals surface area contributed by atoms with Crippen molar-refractivity contribution in [1.82, 2.24) is 5.32 Å². The minimum atomic E-state index is 0.260. The Morgan fingerprint density at radius 3 is 2.46 bits per heavy atom. The molecule has 0 spiro atoms. The Kier molecular flexibility index (Phi) is 4.95. The topological polar surface area (TPSA) is 39.7 Å². The first-order valence-electron chi connectivity index (χ1n) is 8.28. The summed E-state index contributed by atoms with van der Waals surface area (Å²) in [5.74, 6) is 2.43. The van der Waals surface area contributed by atoms with Gasteiger partial charge < -0.3 is 19.5 Å². The Hall–Kier alpha value is -2.20. The van der Waals surface area contributed by atoms with Gasteiger partial charge in [0.2, 0.25) is 5.75 Å². The monoisotopic (exact) mass is 327 g/mol. The molecule has 0 unspecified atom stereocenters. The van der Waals surface area contributed by atoms with Crippen LogP contribution in [0, 0.1) is 6.92 Å². The van der Waals surface area contributed by atoms with Crippen LogP contribution < -0.4 is 19.5 Å². The molecule has 4 heteroatoms. The number of fused-ring (bicyclic) bond motifs is 1. The van der Waals surface area contributed by atoms with Crippen molar-refractivity contribution in [3.8, 4) is 17.2 Å². The summed E-state index contributed by atoms with van der Waals surface area (Å²) >= 11 is 0. The van der Waals surface area contributed by atoms with Gasteiger partial charge in [0.05, 0.1) is 21.3 Å². The summed E-state index contributed by atoms with van der Waals surface area (Å²) in [5.41, 5.74) is 5.03. The lowest BCUT2D eigenvalue weighted by atomic mass is 9.86. The number of rotatable bonds is 4. The van der Waals surface area contributed by atoms with Gasteiger partial charge >= 0.3 is 0 Å². The molecule has 4 nitrogen and oxygen atoms in total.